The number of carbonyl (C=O) groups is 1. The number of amides is 1. The molecule has 0 spiro atoms. The summed E-state index contributed by atoms with van der Waals surface area (Å²) in [6.07, 6.45) is 5.77. The predicted octanol–water partition coefficient (Wildman–Crippen LogP) is 4.50. The number of carbonyl (C=O) groups excluding carboxylic acids is 1. The van der Waals surface area contributed by atoms with Crippen molar-refractivity contribution < 1.29 is 18.4 Å². The molecular formula is C22H29N2O3+. The van der Waals surface area contributed by atoms with Gasteiger partial charge in [0.1, 0.15) is 11.9 Å². The Morgan fingerprint density at radius 1 is 1.15 bits per heavy atom. The fourth-order valence-corrected chi connectivity index (χ4v) is 4.71. The van der Waals surface area contributed by atoms with Crippen molar-refractivity contribution in [3.05, 3.63) is 54.0 Å². The van der Waals surface area contributed by atoms with Gasteiger partial charge in [0.05, 0.1) is 39.0 Å². The number of anilines is 1. The highest BCUT2D eigenvalue weighted by molar-refractivity contribution is 5.87. The van der Waals surface area contributed by atoms with Crippen molar-refractivity contribution in [2.75, 3.05) is 19.0 Å². The summed E-state index contributed by atoms with van der Waals surface area (Å²) in [5.41, 5.74) is 1.87. The minimum atomic E-state index is -0.284. The Bertz CT molecular complexity index is 783. The Kier molecular flexibility index (Phi) is 4.72. The van der Waals surface area contributed by atoms with Crippen LogP contribution in [0.25, 0.3) is 0 Å². The van der Waals surface area contributed by atoms with Crippen molar-refractivity contribution in [3.63, 3.8) is 0 Å². The molecule has 1 unspecified atom stereocenters. The van der Waals surface area contributed by atoms with Crippen LogP contribution in [0.5, 0.6) is 0 Å². The number of fused-ring (bicyclic) bond motifs is 2. The number of nitrogens with zero attached hydrogens (tertiary/aromatic N) is 2. The van der Waals surface area contributed by atoms with E-state index >= 15 is 0 Å². The van der Waals surface area contributed by atoms with Crippen LogP contribution in [0.4, 0.5) is 10.5 Å². The van der Waals surface area contributed by atoms with Crippen molar-refractivity contribution in [3.8, 4) is 0 Å². The molecule has 0 saturated carbocycles. The maximum atomic E-state index is 13.1. The number of rotatable bonds is 4. The zero-order valence-corrected chi connectivity index (χ0v) is 16.4. The first kappa shape index (κ1) is 18.1. The van der Waals surface area contributed by atoms with Crippen molar-refractivity contribution >= 4 is 11.8 Å². The zero-order valence-electron chi connectivity index (χ0n) is 16.4. The molecule has 3 atom stereocenters. The molecule has 5 nitrogen and oxygen atoms in total. The normalized spacial score (nSPS) is 26.0. The van der Waals surface area contributed by atoms with E-state index in [2.05, 4.69) is 14.1 Å². The molecule has 1 aromatic carbocycles. The van der Waals surface area contributed by atoms with Crippen molar-refractivity contribution in [2.45, 2.75) is 57.3 Å². The van der Waals surface area contributed by atoms with Gasteiger partial charge in [-0.25, -0.2) is 4.79 Å². The minimum absolute atomic E-state index is 0.00469. The van der Waals surface area contributed by atoms with E-state index in [9.17, 15) is 4.79 Å². The van der Waals surface area contributed by atoms with Crippen LogP contribution in [0.2, 0.25) is 0 Å². The van der Waals surface area contributed by atoms with E-state index in [-0.39, 0.29) is 12.2 Å². The molecule has 0 N–H and O–H groups in total. The minimum Gasteiger partial charge on any atom is -0.467 e. The van der Waals surface area contributed by atoms with Gasteiger partial charge in [0, 0.05) is 31.4 Å². The second-order valence-electron chi connectivity index (χ2n) is 8.44. The van der Waals surface area contributed by atoms with Crippen LogP contribution in [-0.4, -0.2) is 42.9 Å². The van der Waals surface area contributed by atoms with E-state index in [1.807, 2.05) is 43.3 Å². The van der Waals surface area contributed by atoms with Gasteiger partial charge < -0.3 is 13.6 Å². The van der Waals surface area contributed by atoms with Crippen molar-refractivity contribution in [1.29, 1.82) is 0 Å². The summed E-state index contributed by atoms with van der Waals surface area (Å²) in [6, 6.07) is 12.8. The lowest BCUT2D eigenvalue weighted by Gasteiger charge is -2.44. The maximum Gasteiger partial charge on any atom is 0.414 e. The van der Waals surface area contributed by atoms with Gasteiger partial charge in [0.2, 0.25) is 0 Å². The number of para-hydroxylation sites is 1. The Morgan fingerprint density at radius 3 is 2.41 bits per heavy atom. The van der Waals surface area contributed by atoms with Crippen LogP contribution in [0.3, 0.4) is 0 Å². The molecule has 2 aliphatic rings. The number of piperidine rings is 1. The summed E-state index contributed by atoms with van der Waals surface area (Å²) in [7, 11) is 4.63. The number of aryl methyl sites for hydroxylation is 1. The van der Waals surface area contributed by atoms with Crippen molar-refractivity contribution in [1.82, 2.24) is 0 Å². The number of hydrogen-bond donors (Lipinski definition) is 0. The summed E-state index contributed by atoms with van der Waals surface area (Å²) in [6.45, 7) is 2.37. The molecule has 5 heteroatoms. The standard InChI is InChI=1S/C22H29N2O3/c1-16-11-12-26-21(16)15-23(17-7-5-4-6-8-17)22(25)27-20-13-18-9-10-19(14-20)24(18,2)3/h4-8,11-12,18-20H,9-10,13-15H2,1-3H3/q+1/t18-,19+,20?. The number of ether oxygens (including phenoxy) is 1. The first-order valence-electron chi connectivity index (χ1n) is 9.84. The molecule has 144 valence electrons. The second-order valence-corrected chi connectivity index (χ2v) is 8.44. The maximum absolute atomic E-state index is 13.1. The lowest BCUT2D eigenvalue weighted by Crippen LogP contribution is -2.56. The van der Waals surface area contributed by atoms with Gasteiger partial charge in [0.15, 0.2) is 0 Å². The van der Waals surface area contributed by atoms with Crippen LogP contribution in [0.1, 0.15) is 37.0 Å². The molecule has 2 aliphatic heterocycles. The zero-order chi connectivity index (χ0) is 19.0. The molecule has 0 aliphatic carbocycles. The molecule has 2 fully saturated rings. The number of quaternary nitrogens is 1. The number of furan rings is 1. The first-order valence-corrected chi connectivity index (χ1v) is 9.84. The second kappa shape index (κ2) is 7.04. The largest absolute Gasteiger partial charge is 0.467 e. The fraction of sp³-hybridized carbons (Fsp3) is 0.500. The van der Waals surface area contributed by atoms with E-state index in [4.69, 9.17) is 9.15 Å². The summed E-state index contributed by atoms with van der Waals surface area (Å²) >= 11 is 0. The SMILES string of the molecule is Cc1ccoc1CN(C(=O)OC1C[C@H]2CC[C@@H](C1)[N+]2(C)C)c1ccccc1. The predicted molar refractivity (Wildman–Crippen MR) is 104 cm³/mol. The van der Waals surface area contributed by atoms with Crippen LogP contribution in [-0.2, 0) is 11.3 Å². The molecule has 0 radical (unpaired) electrons. The lowest BCUT2D eigenvalue weighted by molar-refractivity contribution is -0.931. The van der Waals surface area contributed by atoms with Crippen LogP contribution < -0.4 is 4.90 Å². The summed E-state index contributed by atoms with van der Waals surface area (Å²) in [5, 5.41) is 0. The Balaban J connectivity index is 1.50. The van der Waals surface area contributed by atoms with E-state index in [0.717, 1.165) is 34.3 Å². The highest BCUT2D eigenvalue weighted by Crippen LogP contribution is 2.40. The highest BCUT2D eigenvalue weighted by atomic mass is 16.6. The molecule has 2 aromatic rings. The smallest absolute Gasteiger partial charge is 0.414 e. The van der Waals surface area contributed by atoms with E-state index < -0.39 is 0 Å². The van der Waals surface area contributed by atoms with Crippen molar-refractivity contribution in [2.24, 2.45) is 0 Å². The average molecular weight is 369 g/mol. The Labute approximate surface area is 161 Å². The fourth-order valence-electron chi connectivity index (χ4n) is 4.71. The molecule has 1 aromatic heterocycles. The lowest BCUT2D eigenvalue weighted by atomic mass is 9.98. The van der Waals surface area contributed by atoms with Gasteiger partial charge >= 0.3 is 6.09 Å². The van der Waals surface area contributed by atoms with Crippen LogP contribution in [0, 0.1) is 6.92 Å². The average Bonchev–Trinajstić information content (AvgIpc) is 3.07. The quantitative estimate of drug-likeness (QED) is 0.745. The molecule has 2 saturated heterocycles. The van der Waals surface area contributed by atoms with E-state index in [1.54, 1.807) is 11.2 Å². The highest BCUT2D eigenvalue weighted by Gasteiger charge is 2.50. The summed E-state index contributed by atoms with van der Waals surface area (Å²) in [4.78, 5) is 14.8. The third-order valence-corrected chi connectivity index (χ3v) is 6.61. The number of benzene rings is 1. The molecule has 1 amide bonds. The van der Waals surface area contributed by atoms with Crippen LogP contribution in [0.15, 0.2) is 47.1 Å². The number of hydrogen-bond acceptors (Lipinski definition) is 3. The monoisotopic (exact) mass is 369 g/mol. The van der Waals surface area contributed by atoms with E-state index in [1.165, 1.54) is 12.8 Å². The molecule has 4 rings (SSSR count). The van der Waals surface area contributed by atoms with Gasteiger partial charge in [-0.2, -0.15) is 0 Å². The Hall–Kier alpha value is -2.27. The van der Waals surface area contributed by atoms with Gasteiger partial charge in [-0.05, 0) is 30.7 Å². The summed E-state index contributed by atoms with van der Waals surface area (Å²) in [5.74, 6) is 0.789. The molecule has 27 heavy (non-hydrogen) atoms. The Morgan fingerprint density at radius 2 is 1.81 bits per heavy atom. The molecule has 3 heterocycles. The topological polar surface area (TPSA) is 42.7 Å². The summed E-state index contributed by atoms with van der Waals surface area (Å²) < 4.78 is 12.7. The third-order valence-electron chi connectivity index (χ3n) is 6.61. The molecular weight excluding hydrogens is 340 g/mol. The van der Waals surface area contributed by atoms with Gasteiger partial charge in [0.25, 0.3) is 0 Å². The molecule has 2 bridgehead atoms. The van der Waals surface area contributed by atoms with Gasteiger partial charge in [-0.15, -0.1) is 0 Å². The third kappa shape index (κ3) is 3.48. The van der Waals surface area contributed by atoms with E-state index in [0.29, 0.717) is 18.6 Å². The van der Waals surface area contributed by atoms with Gasteiger partial charge in [-0.1, -0.05) is 18.2 Å². The van der Waals surface area contributed by atoms with Crippen LogP contribution >= 0.6 is 0 Å². The first-order chi connectivity index (χ1) is 12.9. The van der Waals surface area contributed by atoms with Gasteiger partial charge in [-0.3, -0.25) is 4.90 Å².